The minimum absolute atomic E-state index is 0.0272. The van der Waals surface area contributed by atoms with Gasteiger partial charge in [-0.2, -0.15) is 0 Å². The Kier molecular flexibility index (Phi) is 6.40. The molecule has 27 heavy (non-hydrogen) atoms. The van der Waals surface area contributed by atoms with Crippen molar-refractivity contribution in [3.05, 3.63) is 99.8 Å². The summed E-state index contributed by atoms with van der Waals surface area (Å²) in [6.07, 6.45) is 1.27. The van der Waals surface area contributed by atoms with Gasteiger partial charge in [0.05, 0.1) is 6.04 Å². The molecular formula is C23H21BrFNO. The van der Waals surface area contributed by atoms with Crippen LogP contribution >= 0.6 is 15.9 Å². The number of rotatable bonds is 7. The van der Waals surface area contributed by atoms with Crippen molar-refractivity contribution in [1.82, 2.24) is 0 Å². The van der Waals surface area contributed by atoms with E-state index in [0.717, 1.165) is 22.1 Å². The Labute approximate surface area is 167 Å². The molecular weight excluding hydrogens is 405 g/mol. The van der Waals surface area contributed by atoms with Crippen molar-refractivity contribution in [1.29, 1.82) is 0 Å². The number of anilines is 1. The molecule has 0 aliphatic rings. The molecule has 0 radical (unpaired) electrons. The van der Waals surface area contributed by atoms with E-state index < -0.39 is 0 Å². The van der Waals surface area contributed by atoms with Gasteiger partial charge in [-0.25, -0.2) is 4.39 Å². The highest BCUT2D eigenvalue weighted by Gasteiger charge is 2.17. The van der Waals surface area contributed by atoms with Gasteiger partial charge in [-0.1, -0.05) is 47.1 Å². The van der Waals surface area contributed by atoms with E-state index in [9.17, 15) is 9.18 Å². The summed E-state index contributed by atoms with van der Waals surface area (Å²) in [6, 6.07) is 21.7. The third-order valence-corrected chi connectivity index (χ3v) is 5.06. The van der Waals surface area contributed by atoms with Crippen LogP contribution in [0.25, 0.3) is 0 Å². The number of ketones is 1. The first-order chi connectivity index (χ1) is 13.0. The van der Waals surface area contributed by atoms with Gasteiger partial charge in [-0.15, -0.1) is 0 Å². The van der Waals surface area contributed by atoms with E-state index in [1.165, 1.54) is 29.8 Å². The molecule has 3 aromatic rings. The standard InChI is InChI=1S/C23H21BrFNO/c1-2-16-3-13-21(14-4-16)26-22(17-5-9-19(24)10-6-17)15-23(27)18-7-11-20(25)12-8-18/h3-14,22,26H,2,15H2,1H3/t22-/m0/s1. The highest BCUT2D eigenvalue weighted by molar-refractivity contribution is 9.10. The topological polar surface area (TPSA) is 29.1 Å². The number of aryl methyl sites for hydroxylation is 1. The summed E-state index contributed by atoms with van der Waals surface area (Å²) in [6.45, 7) is 2.12. The van der Waals surface area contributed by atoms with Crippen LogP contribution in [0.15, 0.2) is 77.3 Å². The molecule has 0 saturated heterocycles. The van der Waals surface area contributed by atoms with Crippen molar-refractivity contribution in [2.75, 3.05) is 5.32 Å². The fraction of sp³-hybridized carbons (Fsp3) is 0.174. The van der Waals surface area contributed by atoms with Crippen LogP contribution in [0.5, 0.6) is 0 Å². The fourth-order valence-corrected chi connectivity index (χ4v) is 3.19. The Balaban J connectivity index is 1.83. The Morgan fingerprint density at radius 3 is 2.19 bits per heavy atom. The lowest BCUT2D eigenvalue weighted by Crippen LogP contribution is -2.16. The molecule has 0 saturated carbocycles. The molecule has 1 N–H and O–H groups in total. The van der Waals surface area contributed by atoms with Gasteiger partial charge in [-0.3, -0.25) is 4.79 Å². The van der Waals surface area contributed by atoms with Crippen LogP contribution in [-0.2, 0) is 6.42 Å². The van der Waals surface area contributed by atoms with Gasteiger partial charge in [0, 0.05) is 22.1 Å². The number of halogens is 2. The molecule has 4 heteroatoms. The van der Waals surface area contributed by atoms with E-state index in [1.54, 1.807) is 0 Å². The molecule has 0 heterocycles. The lowest BCUT2D eigenvalue weighted by molar-refractivity contribution is 0.0976. The highest BCUT2D eigenvalue weighted by Crippen LogP contribution is 2.26. The Morgan fingerprint density at radius 1 is 0.963 bits per heavy atom. The first-order valence-electron chi connectivity index (χ1n) is 8.95. The number of carbonyl (C=O) groups excluding carboxylic acids is 1. The molecule has 0 aromatic heterocycles. The van der Waals surface area contributed by atoms with Crippen LogP contribution in [0.2, 0.25) is 0 Å². The summed E-state index contributed by atoms with van der Waals surface area (Å²) in [4.78, 5) is 12.7. The molecule has 0 fully saturated rings. The first-order valence-corrected chi connectivity index (χ1v) is 9.74. The Bertz CT molecular complexity index is 889. The Morgan fingerprint density at radius 2 is 1.59 bits per heavy atom. The van der Waals surface area contributed by atoms with Crippen molar-refractivity contribution < 1.29 is 9.18 Å². The molecule has 0 aliphatic heterocycles. The van der Waals surface area contributed by atoms with E-state index >= 15 is 0 Å². The zero-order valence-electron chi connectivity index (χ0n) is 15.1. The number of Topliss-reactive ketones (excluding diaryl/α,β-unsaturated/α-hetero) is 1. The average molecular weight is 426 g/mol. The molecule has 0 bridgehead atoms. The molecule has 3 aromatic carbocycles. The van der Waals surface area contributed by atoms with Crippen molar-refractivity contribution in [2.45, 2.75) is 25.8 Å². The second kappa shape index (κ2) is 8.96. The molecule has 1 atom stereocenters. The summed E-state index contributed by atoms with van der Waals surface area (Å²) < 4.78 is 14.1. The third-order valence-electron chi connectivity index (χ3n) is 4.53. The number of nitrogens with one attached hydrogen (secondary N) is 1. The van der Waals surface area contributed by atoms with Gasteiger partial charge in [0.2, 0.25) is 0 Å². The predicted molar refractivity (Wildman–Crippen MR) is 112 cm³/mol. The maximum absolute atomic E-state index is 13.1. The van der Waals surface area contributed by atoms with Gasteiger partial charge in [0.15, 0.2) is 5.78 Å². The predicted octanol–water partition coefficient (Wildman–Crippen LogP) is 6.58. The minimum atomic E-state index is -0.342. The summed E-state index contributed by atoms with van der Waals surface area (Å²) >= 11 is 3.45. The SMILES string of the molecule is CCc1ccc(N[C@@H](CC(=O)c2ccc(F)cc2)c2ccc(Br)cc2)cc1. The van der Waals surface area contributed by atoms with Crippen LogP contribution in [-0.4, -0.2) is 5.78 Å². The normalized spacial score (nSPS) is 11.8. The molecule has 2 nitrogen and oxygen atoms in total. The van der Waals surface area contributed by atoms with Crippen molar-refractivity contribution in [2.24, 2.45) is 0 Å². The zero-order valence-corrected chi connectivity index (χ0v) is 16.7. The summed E-state index contributed by atoms with van der Waals surface area (Å²) in [7, 11) is 0. The quantitative estimate of drug-likeness (QED) is 0.433. The number of hydrogen-bond acceptors (Lipinski definition) is 2. The molecule has 3 rings (SSSR count). The van der Waals surface area contributed by atoms with Gasteiger partial charge in [0.1, 0.15) is 5.82 Å². The van der Waals surface area contributed by atoms with Gasteiger partial charge < -0.3 is 5.32 Å². The minimum Gasteiger partial charge on any atom is -0.378 e. The molecule has 0 unspecified atom stereocenters. The van der Waals surface area contributed by atoms with E-state index in [-0.39, 0.29) is 24.1 Å². The van der Waals surface area contributed by atoms with Crippen LogP contribution in [0.1, 0.15) is 40.9 Å². The second-order valence-electron chi connectivity index (χ2n) is 6.43. The van der Waals surface area contributed by atoms with E-state index in [0.29, 0.717) is 5.56 Å². The fourth-order valence-electron chi connectivity index (χ4n) is 2.92. The smallest absolute Gasteiger partial charge is 0.165 e. The highest BCUT2D eigenvalue weighted by atomic mass is 79.9. The zero-order chi connectivity index (χ0) is 19.2. The van der Waals surface area contributed by atoms with Crippen LogP contribution in [0.3, 0.4) is 0 Å². The summed E-state index contributed by atoms with van der Waals surface area (Å²) in [5.41, 5.74) is 3.77. The molecule has 0 amide bonds. The lowest BCUT2D eigenvalue weighted by Gasteiger charge is -2.20. The van der Waals surface area contributed by atoms with Gasteiger partial charge in [-0.05, 0) is 66.1 Å². The van der Waals surface area contributed by atoms with Crippen LogP contribution in [0.4, 0.5) is 10.1 Å². The van der Waals surface area contributed by atoms with Crippen molar-refractivity contribution in [3.63, 3.8) is 0 Å². The number of carbonyl (C=O) groups is 1. The average Bonchev–Trinajstić information content (AvgIpc) is 2.69. The Hall–Kier alpha value is -2.46. The van der Waals surface area contributed by atoms with Crippen molar-refractivity contribution in [3.8, 4) is 0 Å². The van der Waals surface area contributed by atoms with Crippen molar-refractivity contribution >= 4 is 27.4 Å². The van der Waals surface area contributed by atoms with E-state index in [4.69, 9.17) is 0 Å². The van der Waals surface area contributed by atoms with E-state index in [2.05, 4.69) is 40.3 Å². The second-order valence-corrected chi connectivity index (χ2v) is 7.35. The lowest BCUT2D eigenvalue weighted by atomic mass is 9.97. The maximum atomic E-state index is 13.1. The molecule has 0 aliphatic carbocycles. The first kappa shape index (κ1) is 19.3. The molecule has 0 spiro atoms. The maximum Gasteiger partial charge on any atom is 0.165 e. The number of benzene rings is 3. The van der Waals surface area contributed by atoms with Crippen LogP contribution in [0, 0.1) is 5.82 Å². The molecule has 138 valence electrons. The number of hydrogen-bond donors (Lipinski definition) is 1. The van der Waals surface area contributed by atoms with E-state index in [1.807, 2.05) is 36.4 Å². The van der Waals surface area contributed by atoms with Gasteiger partial charge in [0.25, 0.3) is 0 Å². The largest absolute Gasteiger partial charge is 0.378 e. The third kappa shape index (κ3) is 5.27. The summed E-state index contributed by atoms with van der Waals surface area (Å²) in [5.74, 6) is -0.370. The van der Waals surface area contributed by atoms with Gasteiger partial charge >= 0.3 is 0 Å². The summed E-state index contributed by atoms with van der Waals surface area (Å²) in [5, 5.41) is 3.47. The van der Waals surface area contributed by atoms with Crippen LogP contribution < -0.4 is 5.32 Å². The monoisotopic (exact) mass is 425 g/mol.